The second-order valence-corrected chi connectivity index (χ2v) is 13.8. The fourth-order valence-corrected chi connectivity index (χ4v) is 7.04. The van der Waals surface area contributed by atoms with Crippen molar-refractivity contribution >= 4 is 18.3 Å². The maximum Gasteiger partial charge on any atom is 0.500 e. The zero-order chi connectivity index (χ0) is 23.6. The van der Waals surface area contributed by atoms with Crippen molar-refractivity contribution in [3.63, 3.8) is 0 Å². The summed E-state index contributed by atoms with van der Waals surface area (Å²) in [7, 11) is 5.74. The van der Waals surface area contributed by atoms with Gasteiger partial charge in [-0.1, -0.05) is 0 Å². The van der Waals surface area contributed by atoms with Gasteiger partial charge >= 0.3 is 18.3 Å². The van der Waals surface area contributed by atoms with Gasteiger partial charge in [-0.25, -0.2) is 0 Å². The summed E-state index contributed by atoms with van der Waals surface area (Å²) < 4.78 is 41.4. The molecule has 4 rings (SSSR count). The van der Waals surface area contributed by atoms with Gasteiger partial charge in [0.05, 0.1) is 24.4 Å². The largest absolute Gasteiger partial charge is 0.500 e. The van der Waals surface area contributed by atoms with Crippen molar-refractivity contribution in [2.45, 2.75) is 75.4 Å². The van der Waals surface area contributed by atoms with Gasteiger partial charge in [-0.2, -0.15) is 0 Å². The van der Waals surface area contributed by atoms with Crippen LogP contribution in [0.25, 0.3) is 0 Å². The summed E-state index contributed by atoms with van der Waals surface area (Å²) in [5, 5.41) is 0. The Morgan fingerprint density at radius 2 is 1.31 bits per heavy atom. The Labute approximate surface area is 197 Å². The molecule has 0 spiro atoms. The Morgan fingerprint density at radius 1 is 0.781 bits per heavy atom. The van der Waals surface area contributed by atoms with Gasteiger partial charge in [-0.05, 0) is 50.9 Å². The minimum absolute atomic E-state index is 0.558. The lowest BCUT2D eigenvalue weighted by atomic mass is 9.88. The van der Waals surface area contributed by atoms with E-state index in [1.165, 1.54) is 38.5 Å². The van der Waals surface area contributed by atoms with E-state index in [-0.39, 0.29) is 0 Å². The van der Waals surface area contributed by atoms with E-state index in [9.17, 15) is 0 Å². The van der Waals surface area contributed by atoms with E-state index in [0.29, 0.717) is 30.3 Å². The van der Waals surface area contributed by atoms with Crippen LogP contribution in [0.1, 0.15) is 44.9 Å². The molecule has 4 aliphatic rings. The van der Waals surface area contributed by atoms with E-state index in [1.54, 1.807) is 42.7 Å². The van der Waals surface area contributed by atoms with Gasteiger partial charge in [0.1, 0.15) is 0 Å². The number of ether oxygens (including phenoxy) is 2. The lowest BCUT2D eigenvalue weighted by Gasteiger charge is -2.27. The zero-order valence-corrected chi connectivity index (χ0v) is 22.8. The van der Waals surface area contributed by atoms with E-state index in [2.05, 4.69) is 0 Å². The molecule has 10 heteroatoms. The molecule has 8 nitrogen and oxygen atoms in total. The van der Waals surface area contributed by atoms with Crippen molar-refractivity contribution in [1.29, 1.82) is 0 Å². The first-order valence-corrected chi connectivity index (χ1v) is 14.9. The number of hydrogen-bond acceptors (Lipinski definition) is 8. The topological polar surface area (TPSA) is 80.4 Å². The first kappa shape index (κ1) is 28.0. The predicted molar refractivity (Wildman–Crippen MR) is 125 cm³/mol. The molecule has 2 aliphatic carbocycles. The van der Waals surface area contributed by atoms with E-state index < -0.39 is 18.3 Å². The molecule has 32 heavy (non-hydrogen) atoms. The van der Waals surface area contributed by atoms with Gasteiger partial charge in [-0.3, -0.25) is 0 Å². The summed E-state index contributed by atoms with van der Waals surface area (Å²) in [6.07, 6.45) is 12.6. The molecule has 0 amide bonds. The van der Waals surface area contributed by atoms with Gasteiger partial charge in [0, 0.05) is 54.6 Å². The summed E-state index contributed by atoms with van der Waals surface area (Å²) in [4.78, 5) is 0. The van der Waals surface area contributed by atoms with Crippen LogP contribution in [-0.2, 0) is 36.0 Å². The molecule has 2 saturated carbocycles. The lowest BCUT2D eigenvalue weighted by Crippen LogP contribution is -2.43. The lowest BCUT2D eigenvalue weighted by molar-refractivity contribution is 0.120. The van der Waals surface area contributed by atoms with Crippen LogP contribution in [0.15, 0.2) is 6.08 Å². The number of fused-ring (bicyclic) bond motifs is 2. The van der Waals surface area contributed by atoms with Crippen LogP contribution in [0.4, 0.5) is 0 Å². The van der Waals surface area contributed by atoms with E-state index >= 15 is 0 Å². The zero-order valence-electron chi connectivity index (χ0n) is 20.6. The van der Waals surface area contributed by atoms with E-state index in [1.807, 2.05) is 6.08 Å². The Kier molecular flexibility index (Phi) is 12.5. The van der Waals surface area contributed by atoms with Crippen LogP contribution in [0.2, 0.25) is 6.04 Å². The maximum atomic E-state index is 5.54. The Balaban J connectivity index is 0.000000191. The molecule has 6 unspecified atom stereocenters. The molecule has 0 N–H and O–H groups in total. The smallest absolute Gasteiger partial charge is 0.379 e. The number of allylic oxidation sites excluding steroid dienone is 1. The quantitative estimate of drug-likeness (QED) is 0.262. The molecule has 4 fully saturated rings. The van der Waals surface area contributed by atoms with Crippen LogP contribution in [0.5, 0.6) is 0 Å². The molecule has 186 valence electrons. The highest BCUT2D eigenvalue weighted by Crippen LogP contribution is 2.41. The van der Waals surface area contributed by atoms with Crippen molar-refractivity contribution in [2.24, 2.45) is 11.8 Å². The minimum Gasteiger partial charge on any atom is -0.379 e. The first-order valence-electron chi connectivity index (χ1n) is 11.6. The van der Waals surface area contributed by atoms with Crippen molar-refractivity contribution in [3.8, 4) is 0 Å². The average Bonchev–Trinajstić information content (AvgIpc) is 3.76. The molecule has 0 aromatic rings. The van der Waals surface area contributed by atoms with Crippen LogP contribution in [0, 0.1) is 18.4 Å². The fraction of sp³-hybridized carbons (Fsp3) is 0.909. The summed E-state index contributed by atoms with van der Waals surface area (Å²) >= 11 is 0. The van der Waals surface area contributed by atoms with Crippen molar-refractivity contribution < 1.29 is 36.0 Å². The number of rotatable bonds is 10. The predicted octanol–water partition coefficient (Wildman–Crippen LogP) is 3.01. The van der Waals surface area contributed by atoms with Crippen molar-refractivity contribution in [2.75, 3.05) is 42.7 Å². The molecule has 0 aromatic carbocycles. The van der Waals surface area contributed by atoms with Gasteiger partial charge in [0.15, 0.2) is 6.08 Å². The molecule has 2 saturated heterocycles. The summed E-state index contributed by atoms with van der Waals surface area (Å²) in [6, 6.07) is 0.915. The summed E-state index contributed by atoms with van der Waals surface area (Å²) in [5.74, 6) is 1.39. The third-order valence-corrected chi connectivity index (χ3v) is 10.7. The molecule has 0 aromatic heterocycles. The average molecular weight is 492 g/mol. The van der Waals surface area contributed by atoms with Crippen molar-refractivity contribution in [1.82, 2.24) is 0 Å². The van der Waals surface area contributed by atoms with E-state index in [0.717, 1.165) is 18.4 Å². The minimum atomic E-state index is -2.35. The van der Waals surface area contributed by atoms with Crippen LogP contribution in [0.3, 0.4) is 0 Å². The number of epoxide rings is 2. The number of hydrogen-bond donors (Lipinski definition) is 0. The van der Waals surface area contributed by atoms with Gasteiger partial charge in [0.25, 0.3) is 0 Å². The third kappa shape index (κ3) is 8.85. The highest BCUT2D eigenvalue weighted by Gasteiger charge is 2.45. The Hall–Kier alpha value is -0.236. The monoisotopic (exact) mass is 491 g/mol. The second-order valence-electron chi connectivity index (χ2n) is 8.70. The van der Waals surface area contributed by atoms with Crippen LogP contribution in [-0.4, -0.2) is 85.4 Å². The highest BCUT2D eigenvalue weighted by atomic mass is 28.4. The maximum absolute atomic E-state index is 5.54. The van der Waals surface area contributed by atoms with Gasteiger partial charge < -0.3 is 36.0 Å². The first-order chi connectivity index (χ1) is 15.5. The molecular weight excluding hydrogens is 448 g/mol. The molecule has 0 radical (unpaired) electrons. The Bertz CT molecular complexity index is 518. The van der Waals surface area contributed by atoms with Crippen LogP contribution < -0.4 is 0 Å². The third-order valence-electron chi connectivity index (χ3n) is 6.80. The van der Waals surface area contributed by atoms with Crippen molar-refractivity contribution in [3.05, 3.63) is 12.7 Å². The Morgan fingerprint density at radius 3 is 1.72 bits per heavy atom. The van der Waals surface area contributed by atoms with Gasteiger partial charge in [-0.15, -0.1) is 0 Å². The molecule has 2 aliphatic heterocycles. The normalized spacial score (nSPS) is 32.4. The standard InChI is InChI=1S/C11H22O4Si.C8H11O.C3H10O3Si/c1-12-16(13-2,14-3)7-6-9-4-5-10-11(8-9)15-10;1-2-6-3-4-7-8(5-6)9-7;1-4-7(5-2)6-3/h9-11H,4-8H2,1-3H3;1-2,6-8H,3-5H2;7H,1-3H3/q;+1;. The molecule has 0 bridgehead atoms. The second kappa shape index (κ2) is 14.2. The van der Waals surface area contributed by atoms with Gasteiger partial charge in [0.2, 0.25) is 6.58 Å². The SMILES string of the molecule is CO[SiH](OC)OC.CO[Si](CCC1CCC2OC2C1)(OC)OC.[CH+]=CC1CCC2OC2C1. The van der Waals surface area contributed by atoms with E-state index in [4.69, 9.17) is 42.6 Å². The fourth-order valence-electron chi connectivity index (χ4n) is 4.58. The highest BCUT2D eigenvalue weighted by molar-refractivity contribution is 6.60. The van der Waals surface area contributed by atoms with Crippen LogP contribution >= 0.6 is 0 Å². The summed E-state index contributed by atoms with van der Waals surface area (Å²) in [6.45, 7) is 5.40. The molecular formula is C22H43O8Si2+. The molecule has 6 atom stereocenters. The molecule has 2 heterocycles. The summed E-state index contributed by atoms with van der Waals surface area (Å²) in [5.41, 5.74) is 0.